The van der Waals surface area contributed by atoms with E-state index in [9.17, 15) is 4.39 Å². The van der Waals surface area contributed by atoms with Crippen molar-refractivity contribution in [1.82, 2.24) is 4.98 Å². The average Bonchev–Trinajstić information content (AvgIpc) is 3.01. The summed E-state index contributed by atoms with van der Waals surface area (Å²) in [7, 11) is 0. The van der Waals surface area contributed by atoms with Gasteiger partial charge in [-0.05, 0) is 36.8 Å². The minimum atomic E-state index is -0.950. The van der Waals surface area contributed by atoms with Gasteiger partial charge >= 0.3 is 0 Å². The Balaban J connectivity index is 0.000000531. The quantitative estimate of drug-likeness (QED) is 0.711. The Labute approximate surface area is 91.7 Å². The highest BCUT2D eigenvalue weighted by Crippen LogP contribution is 2.49. The van der Waals surface area contributed by atoms with Crippen molar-refractivity contribution in [2.75, 3.05) is 0 Å². The van der Waals surface area contributed by atoms with Crippen molar-refractivity contribution in [3.63, 3.8) is 0 Å². The summed E-state index contributed by atoms with van der Waals surface area (Å²) >= 11 is 0. The van der Waals surface area contributed by atoms with E-state index in [-0.39, 0.29) is 5.41 Å². The molecular weight excluding hydrogens is 189 g/mol. The van der Waals surface area contributed by atoms with E-state index in [1.807, 2.05) is 26.0 Å². The second kappa shape index (κ2) is 4.73. The topological polar surface area (TPSA) is 12.9 Å². The first kappa shape index (κ1) is 12.2. The number of rotatable bonds is 2. The van der Waals surface area contributed by atoms with Gasteiger partial charge in [0.05, 0.1) is 5.69 Å². The summed E-state index contributed by atoms with van der Waals surface area (Å²) in [4.78, 5) is 4.11. The number of aromatic nitrogens is 1. The summed E-state index contributed by atoms with van der Waals surface area (Å²) in [6, 6.07) is 3.90. The maximum Gasteiger partial charge on any atom is 0.139 e. The predicted octanol–water partition coefficient (Wildman–Crippen LogP) is 4.19. The highest BCUT2D eigenvalue weighted by atomic mass is 19.1. The first-order chi connectivity index (χ1) is 7.13. The molecule has 0 aromatic carbocycles. The van der Waals surface area contributed by atoms with Crippen molar-refractivity contribution in [2.45, 2.75) is 52.1 Å². The summed E-state index contributed by atoms with van der Waals surface area (Å²) in [5.41, 5.74) is 1.94. The molecule has 0 radical (unpaired) electrons. The minimum absolute atomic E-state index is 0.212. The summed E-state index contributed by atoms with van der Waals surface area (Å²) in [5.74, 6) is 0. The van der Waals surface area contributed by atoms with Crippen LogP contribution in [0.3, 0.4) is 0 Å². The summed E-state index contributed by atoms with van der Waals surface area (Å²) in [5, 5.41) is 0. The second-order valence-corrected chi connectivity index (χ2v) is 4.11. The van der Waals surface area contributed by atoms with Gasteiger partial charge < -0.3 is 0 Å². The van der Waals surface area contributed by atoms with E-state index in [2.05, 4.69) is 11.9 Å². The van der Waals surface area contributed by atoms with Crippen LogP contribution in [-0.2, 0) is 5.41 Å². The fourth-order valence-electron chi connectivity index (χ4n) is 1.70. The highest BCUT2D eigenvalue weighted by Gasteiger charge is 2.41. The lowest BCUT2D eigenvalue weighted by atomic mass is 9.95. The summed E-state index contributed by atoms with van der Waals surface area (Å²) in [6.07, 6.45) is 3.05. The molecule has 1 aromatic rings. The highest BCUT2D eigenvalue weighted by molar-refractivity contribution is 5.34. The molecule has 84 valence electrons. The molecule has 1 saturated carbocycles. The maximum absolute atomic E-state index is 13.2. The summed E-state index contributed by atoms with van der Waals surface area (Å²) in [6.45, 7) is 7.73. The van der Waals surface area contributed by atoms with Gasteiger partial charge in [-0.3, -0.25) is 4.98 Å². The van der Waals surface area contributed by atoms with Gasteiger partial charge in [-0.25, -0.2) is 4.39 Å². The van der Waals surface area contributed by atoms with E-state index in [1.54, 1.807) is 13.1 Å². The molecule has 0 aliphatic heterocycles. The van der Waals surface area contributed by atoms with Gasteiger partial charge in [-0.2, -0.15) is 0 Å². The molecular formula is C13H20FN. The third kappa shape index (κ3) is 2.55. The normalized spacial score (nSPS) is 18.7. The Hall–Kier alpha value is -0.920. The number of halogens is 1. The Morgan fingerprint density at radius 2 is 2.00 bits per heavy atom. The number of alkyl halides is 1. The summed E-state index contributed by atoms with van der Waals surface area (Å²) < 4.78 is 13.2. The van der Waals surface area contributed by atoms with Crippen molar-refractivity contribution < 1.29 is 4.39 Å². The largest absolute Gasteiger partial charge is 0.258 e. The van der Waals surface area contributed by atoms with E-state index in [1.165, 1.54) is 12.8 Å². The Bertz CT molecular complexity index is 316. The molecule has 1 nitrogen and oxygen atoms in total. The number of hydrogen-bond acceptors (Lipinski definition) is 1. The fourth-order valence-corrected chi connectivity index (χ4v) is 1.70. The Morgan fingerprint density at radius 1 is 1.40 bits per heavy atom. The minimum Gasteiger partial charge on any atom is -0.258 e. The van der Waals surface area contributed by atoms with Gasteiger partial charge in [-0.1, -0.05) is 26.8 Å². The van der Waals surface area contributed by atoms with Crippen molar-refractivity contribution in [3.05, 3.63) is 29.6 Å². The molecule has 0 bridgehead atoms. The molecule has 1 fully saturated rings. The lowest BCUT2D eigenvalue weighted by molar-refractivity contribution is 0.361. The van der Waals surface area contributed by atoms with Crippen LogP contribution in [0.1, 0.15) is 58.0 Å². The first-order valence-electron chi connectivity index (χ1n) is 5.73. The lowest BCUT2D eigenvalue weighted by Crippen LogP contribution is -2.07. The molecule has 1 aliphatic carbocycles. The fraction of sp³-hybridized carbons (Fsp3) is 0.615. The van der Waals surface area contributed by atoms with Crippen LogP contribution in [0.5, 0.6) is 0 Å². The molecule has 0 amide bonds. The first-order valence-corrected chi connectivity index (χ1v) is 5.73. The molecule has 0 saturated heterocycles. The average molecular weight is 209 g/mol. The van der Waals surface area contributed by atoms with Crippen LogP contribution in [0, 0.1) is 0 Å². The molecule has 1 aromatic heterocycles. The van der Waals surface area contributed by atoms with Crippen LogP contribution in [0.25, 0.3) is 0 Å². The molecule has 1 atom stereocenters. The van der Waals surface area contributed by atoms with Crippen LogP contribution in [0.15, 0.2) is 18.3 Å². The third-order valence-electron chi connectivity index (χ3n) is 2.87. The zero-order valence-corrected chi connectivity index (χ0v) is 10.0. The van der Waals surface area contributed by atoms with Crippen molar-refractivity contribution in [1.29, 1.82) is 0 Å². The van der Waals surface area contributed by atoms with E-state index in [0.717, 1.165) is 5.56 Å². The van der Waals surface area contributed by atoms with Gasteiger partial charge in [0.1, 0.15) is 6.17 Å². The second-order valence-electron chi connectivity index (χ2n) is 4.11. The molecule has 0 N–H and O–H groups in total. The molecule has 1 heterocycles. The van der Waals surface area contributed by atoms with Crippen LogP contribution in [0.2, 0.25) is 0 Å². The third-order valence-corrected chi connectivity index (χ3v) is 2.87. The molecule has 15 heavy (non-hydrogen) atoms. The van der Waals surface area contributed by atoms with Gasteiger partial charge in [0, 0.05) is 6.20 Å². The smallest absolute Gasteiger partial charge is 0.139 e. The standard InChI is InChI=1S/C11H14FN.C2H6/c1-8(12)10-9(4-3-7-13-10)11(2)5-6-11;1-2/h3-4,7-8H,5-6H2,1-2H3;1-2H3. The van der Waals surface area contributed by atoms with Crippen molar-refractivity contribution >= 4 is 0 Å². The van der Waals surface area contributed by atoms with Crippen LogP contribution >= 0.6 is 0 Å². The van der Waals surface area contributed by atoms with Crippen LogP contribution < -0.4 is 0 Å². The van der Waals surface area contributed by atoms with Crippen LogP contribution in [0.4, 0.5) is 4.39 Å². The van der Waals surface area contributed by atoms with Gasteiger partial charge in [0.25, 0.3) is 0 Å². The molecule has 2 rings (SSSR count). The SMILES string of the molecule is CC.CC(F)c1ncccc1C1(C)CC1. The Morgan fingerprint density at radius 3 is 2.47 bits per heavy atom. The van der Waals surface area contributed by atoms with Gasteiger partial charge in [-0.15, -0.1) is 0 Å². The Kier molecular flexibility index (Phi) is 3.83. The van der Waals surface area contributed by atoms with Crippen molar-refractivity contribution in [2.24, 2.45) is 0 Å². The lowest BCUT2D eigenvalue weighted by Gasteiger charge is -2.14. The van der Waals surface area contributed by atoms with E-state index < -0.39 is 6.17 Å². The van der Waals surface area contributed by atoms with Gasteiger partial charge in [0.15, 0.2) is 0 Å². The molecule has 0 spiro atoms. The number of pyridine rings is 1. The maximum atomic E-state index is 13.2. The van der Waals surface area contributed by atoms with Crippen LogP contribution in [-0.4, -0.2) is 4.98 Å². The molecule has 1 unspecified atom stereocenters. The van der Waals surface area contributed by atoms with E-state index >= 15 is 0 Å². The predicted molar refractivity (Wildman–Crippen MR) is 61.7 cm³/mol. The zero-order chi connectivity index (χ0) is 11.5. The van der Waals surface area contributed by atoms with E-state index in [4.69, 9.17) is 0 Å². The van der Waals surface area contributed by atoms with Gasteiger partial charge in [0.2, 0.25) is 0 Å². The number of hydrogen-bond donors (Lipinski definition) is 0. The number of nitrogens with zero attached hydrogens (tertiary/aromatic N) is 1. The van der Waals surface area contributed by atoms with Crippen molar-refractivity contribution in [3.8, 4) is 0 Å². The van der Waals surface area contributed by atoms with E-state index in [0.29, 0.717) is 5.69 Å². The zero-order valence-electron chi connectivity index (χ0n) is 10.0. The molecule has 1 aliphatic rings. The molecule has 2 heteroatoms. The monoisotopic (exact) mass is 209 g/mol.